The van der Waals surface area contributed by atoms with E-state index in [2.05, 4.69) is 0 Å². The van der Waals surface area contributed by atoms with Crippen molar-refractivity contribution in [3.8, 4) is 11.5 Å². The highest BCUT2D eigenvalue weighted by Crippen LogP contribution is 2.35. The first-order valence-corrected chi connectivity index (χ1v) is 10.9. The van der Waals surface area contributed by atoms with Gasteiger partial charge in [0.05, 0.1) is 40.3 Å². The first-order chi connectivity index (χ1) is 15.3. The van der Waals surface area contributed by atoms with Crippen LogP contribution in [0.3, 0.4) is 0 Å². The Kier molecular flexibility index (Phi) is 9.57. The molecule has 2 aromatic carbocycles. The number of rotatable bonds is 11. The quantitative estimate of drug-likeness (QED) is 0.461. The molecule has 0 aliphatic heterocycles. The van der Waals surface area contributed by atoms with Gasteiger partial charge in [-0.2, -0.15) is 0 Å². The molecular weight excluding hydrogens is 408 g/mol. The van der Waals surface area contributed by atoms with E-state index in [0.717, 1.165) is 22.4 Å². The summed E-state index contributed by atoms with van der Waals surface area (Å²) in [6.45, 7) is 6.05. The second kappa shape index (κ2) is 12.1. The van der Waals surface area contributed by atoms with E-state index in [0.29, 0.717) is 12.2 Å². The number of hydrogen-bond acceptors (Lipinski definition) is 6. The van der Waals surface area contributed by atoms with Gasteiger partial charge in [-0.25, -0.2) is 0 Å². The van der Waals surface area contributed by atoms with Crippen LogP contribution < -0.4 is 9.47 Å². The van der Waals surface area contributed by atoms with E-state index >= 15 is 0 Å². The van der Waals surface area contributed by atoms with E-state index in [-0.39, 0.29) is 42.7 Å². The molecule has 0 spiro atoms. The lowest BCUT2D eigenvalue weighted by molar-refractivity contribution is -0.145. The minimum Gasteiger partial charge on any atom is -0.496 e. The summed E-state index contributed by atoms with van der Waals surface area (Å²) in [4.78, 5) is 24.4. The molecule has 174 valence electrons. The van der Waals surface area contributed by atoms with Gasteiger partial charge in [-0.15, -0.1) is 0 Å². The largest absolute Gasteiger partial charge is 0.496 e. The molecule has 3 unspecified atom stereocenters. The number of esters is 2. The molecule has 0 aliphatic carbocycles. The number of carbonyl (C=O) groups excluding carboxylic acids is 2. The van der Waals surface area contributed by atoms with Crippen molar-refractivity contribution < 1.29 is 28.5 Å². The van der Waals surface area contributed by atoms with E-state index < -0.39 is 0 Å². The van der Waals surface area contributed by atoms with Gasteiger partial charge >= 0.3 is 11.9 Å². The summed E-state index contributed by atoms with van der Waals surface area (Å²) in [6.07, 6.45) is 0.788. The van der Waals surface area contributed by atoms with Gasteiger partial charge in [0.2, 0.25) is 0 Å². The summed E-state index contributed by atoms with van der Waals surface area (Å²) in [6, 6.07) is 13.5. The number of para-hydroxylation sites is 2. The van der Waals surface area contributed by atoms with Gasteiger partial charge in [-0.3, -0.25) is 9.59 Å². The molecule has 2 aromatic rings. The van der Waals surface area contributed by atoms with E-state index in [4.69, 9.17) is 18.9 Å². The van der Waals surface area contributed by atoms with Crippen molar-refractivity contribution in [3.63, 3.8) is 0 Å². The average molecular weight is 443 g/mol. The lowest BCUT2D eigenvalue weighted by atomic mass is 9.87. The Morgan fingerprint density at radius 1 is 0.875 bits per heavy atom. The van der Waals surface area contributed by atoms with Crippen molar-refractivity contribution in [2.24, 2.45) is 5.92 Å². The Labute approximate surface area is 190 Å². The lowest BCUT2D eigenvalue weighted by Crippen LogP contribution is -2.19. The smallest absolute Gasteiger partial charge is 0.308 e. The number of methoxy groups -OCH3 is 3. The van der Waals surface area contributed by atoms with E-state index in [1.807, 2.05) is 63.2 Å². The predicted molar refractivity (Wildman–Crippen MR) is 123 cm³/mol. The highest BCUT2D eigenvalue weighted by molar-refractivity contribution is 5.73. The number of benzene rings is 2. The Morgan fingerprint density at radius 3 is 2.22 bits per heavy atom. The van der Waals surface area contributed by atoms with Crippen molar-refractivity contribution in [2.75, 3.05) is 27.9 Å². The van der Waals surface area contributed by atoms with Crippen LogP contribution in [0.25, 0.3) is 0 Å². The van der Waals surface area contributed by atoms with Crippen molar-refractivity contribution in [3.05, 3.63) is 59.2 Å². The van der Waals surface area contributed by atoms with E-state index in [1.54, 1.807) is 14.2 Å². The van der Waals surface area contributed by atoms with Crippen LogP contribution in [0.1, 0.15) is 55.7 Å². The molecule has 0 N–H and O–H groups in total. The number of carbonyl (C=O) groups is 2. The molecule has 0 aromatic heterocycles. The molecule has 0 saturated carbocycles. The Balaban J connectivity index is 2.00. The topological polar surface area (TPSA) is 71.1 Å². The number of ether oxygens (including phenoxy) is 4. The summed E-state index contributed by atoms with van der Waals surface area (Å²) in [5.74, 6) is 0.560. The van der Waals surface area contributed by atoms with Gasteiger partial charge in [-0.05, 0) is 34.6 Å². The van der Waals surface area contributed by atoms with Gasteiger partial charge in [-0.1, -0.05) is 57.2 Å². The summed E-state index contributed by atoms with van der Waals surface area (Å²) in [5, 5.41) is 0. The third-order valence-corrected chi connectivity index (χ3v) is 5.92. The molecule has 0 amide bonds. The van der Waals surface area contributed by atoms with Crippen molar-refractivity contribution in [1.29, 1.82) is 0 Å². The molecular formula is C26H34O6. The highest BCUT2D eigenvalue weighted by atomic mass is 16.5. The molecule has 32 heavy (non-hydrogen) atoms. The van der Waals surface area contributed by atoms with Gasteiger partial charge in [0.1, 0.15) is 11.5 Å². The fraction of sp³-hybridized carbons (Fsp3) is 0.462. The van der Waals surface area contributed by atoms with Gasteiger partial charge in [0.25, 0.3) is 0 Å². The lowest BCUT2D eigenvalue weighted by Gasteiger charge is -2.22. The maximum atomic E-state index is 12.4. The normalized spacial score (nSPS) is 13.6. The first kappa shape index (κ1) is 25.2. The fourth-order valence-corrected chi connectivity index (χ4v) is 3.84. The Morgan fingerprint density at radius 2 is 1.56 bits per heavy atom. The zero-order valence-electron chi connectivity index (χ0n) is 19.8. The van der Waals surface area contributed by atoms with Crippen LogP contribution in [0, 0.1) is 5.92 Å². The van der Waals surface area contributed by atoms with Gasteiger partial charge in [0, 0.05) is 6.42 Å². The molecule has 0 heterocycles. The van der Waals surface area contributed by atoms with Crippen molar-refractivity contribution in [2.45, 2.75) is 45.4 Å². The standard InChI is InChI=1S/C26H34O6/c1-17(21-11-7-8-13-23(21)29-4)16-24(27)32-15-14-20-10-9-12-22(25(20)30-5)18(2)19(3)26(28)31-6/h7-13,17-19H,14-16H2,1-6H3. The average Bonchev–Trinajstić information content (AvgIpc) is 2.82. The van der Waals surface area contributed by atoms with Crippen LogP contribution in [0.4, 0.5) is 0 Å². The van der Waals surface area contributed by atoms with Crippen LogP contribution in [0.2, 0.25) is 0 Å². The molecule has 3 atom stereocenters. The predicted octanol–water partition coefficient (Wildman–Crippen LogP) is 4.90. The second-order valence-electron chi connectivity index (χ2n) is 7.96. The van der Waals surface area contributed by atoms with Crippen molar-refractivity contribution in [1.82, 2.24) is 0 Å². The molecule has 0 aliphatic rings. The minimum absolute atomic E-state index is 0.0165. The van der Waals surface area contributed by atoms with Crippen LogP contribution in [-0.2, 0) is 25.5 Å². The fourth-order valence-electron chi connectivity index (χ4n) is 3.84. The molecule has 2 rings (SSSR count). The van der Waals surface area contributed by atoms with Crippen LogP contribution in [-0.4, -0.2) is 39.9 Å². The van der Waals surface area contributed by atoms with Crippen molar-refractivity contribution >= 4 is 11.9 Å². The Hall–Kier alpha value is -3.02. The summed E-state index contributed by atoms with van der Waals surface area (Å²) >= 11 is 0. The minimum atomic E-state index is -0.307. The maximum Gasteiger partial charge on any atom is 0.308 e. The molecule has 6 nitrogen and oxygen atoms in total. The zero-order valence-corrected chi connectivity index (χ0v) is 19.8. The molecule has 0 saturated heterocycles. The monoisotopic (exact) mass is 442 g/mol. The van der Waals surface area contributed by atoms with E-state index in [9.17, 15) is 9.59 Å². The third-order valence-electron chi connectivity index (χ3n) is 5.92. The third kappa shape index (κ3) is 6.25. The summed E-state index contributed by atoms with van der Waals surface area (Å²) < 4.78 is 21.4. The maximum absolute atomic E-state index is 12.4. The van der Waals surface area contributed by atoms with Gasteiger partial charge in [0.15, 0.2) is 0 Å². The van der Waals surface area contributed by atoms with E-state index in [1.165, 1.54) is 7.11 Å². The molecule has 0 radical (unpaired) electrons. The molecule has 6 heteroatoms. The van der Waals surface area contributed by atoms with Crippen LogP contribution >= 0.6 is 0 Å². The number of hydrogen-bond donors (Lipinski definition) is 0. The Bertz CT molecular complexity index is 907. The SMILES string of the molecule is COC(=O)C(C)C(C)c1cccc(CCOC(=O)CC(C)c2ccccc2OC)c1OC. The van der Waals surface area contributed by atoms with Gasteiger partial charge < -0.3 is 18.9 Å². The zero-order chi connectivity index (χ0) is 23.7. The summed E-state index contributed by atoms with van der Waals surface area (Å²) in [7, 11) is 4.62. The highest BCUT2D eigenvalue weighted by Gasteiger charge is 2.26. The van der Waals surface area contributed by atoms with Crippen LogP contribution in [0.15, 0.2) is 42.5 Å². The first-order valence-electron chi connectivity index (χ1n) is 10.9. The van der Waals surface area contributed by atoms with Crippen LogP contribution in [0.5, 0.6) is 11.5 Å². The molecule has 0 fully saturated rings. The summed E-state index contributed by atoms with van der Waals surface area (Å²) in [5.41, 5.74) is 2.84. The second-order valence-corrected chi connectivity index (χ2v) is 7.96. The molecule has 0 bridgehead atoms.